The summed E-state index contributed by atoms with van der Waals surface area (Å²) in [6.45, 7) is 6.94. The molecule has 0 amide bonds. The first-order chi connectivity index (χ1) is 12.9. The number of aromatic nitrogens is 2. The van der Waals surface area contributed by atoms with Crippen LogP contribution < -0.4 is 10.2 Å². The van der Waals surface area contributed by atoms with Gasteiger partial charge in [-0.15, -0.1) is 24.0 Å². The molecule has 2 fully saturated rings. The lowest BCUT2D eigenvalue weighted by molar-refractivity contribution is -0.0320. The average Bonchev–Trinajstić information content (AvgIpc) is 2.72. The van der Waals surface area contributed by atoms with Gasteiger partial charge in [0.15, 0.2) is 5.96 Å². The molecule has 27 heavy (non-hydrogen) atoms. The van der Waals surface area contributed by atoms with Gasteiger partial charge in [0.25, 0.3) is 0 Å². The molecule has 3 heterocycles. The largest absolute Gasteiger partial charge is 0.381 e. The van der Waals surface area contributed by atoms with Gasteiger partial charge in [0.05, 0.1) is 6.10 Å². The predicted molar refractivity (Wildman–Crippen MR) is 117 cm³/mol. The highest BCUT2D eigenvalue weighted by Gasteiger charge is 2.21. The van der Waals surface area contributed by atoms with Gasteiger partial charge in [-0.2, -0.15) is 0 Å². The third-order valence-corrected chi connectivity index (χ3v) is 4.75. The second kappa shape index (κ2) is 12.3. The number of nitrogens with one attached hydrogen (secondary N) is 1. The van der Waals surface area contributed by atoms with Crippen LogP contribution in [0, 0.1) is 0 Å². The van der Waals surface area contributed by atoms with E-state index < -0.39 is 0 Å². The fourth-order valence-corrected chi connectivity index (χ4v) is 3.27. The Morgan fingerprint density at radius 1 is 1.22 bits per heavy atom. The molecule has 0 radical (unpaired) electrons. The number of anilines is 1. The van der Waals surface area contributed by atoms with E-state index >= 15 is 0 Å². The monoisotopic (exact) mass is 490 g/mol. The number of aliphatic imine (C=N–C) groups is 1. The van der Waals surface area contributed by atoms with E-state index in [-0.39, 0.29) is 24.0 Å². The van der Waals surface area contributed by atoms with Crippen molar-refractivity contribution in [2.45, 2.75) is 25.4 Å². The molecule has 2 aliphatic rings. The Labute approximate surface area is 178 Å². The molecule has 2 saturated heterocycles. The number of ether oxygens (including phenoxy) is 2. The summed E-state index contributed by atoms with van der Waals surface area (Å²) in [5.41, 5.74) is 0. The summed E-state index contributed by atoms with van der Waals surface area (Å²) in [6.07, 6.45) is 6.97. The Morgan fingerprint density at radius 3 is 2.59 bits per heavy atom. The maximum absolute atomic E-state index is 5.91. The standard InChI is InChI=1S/C18H30N6O2.HI/c1-19-17(20-8-3-13-26-16-4-14-25-15-5-16)23-9-11-24(12-10-23)18-21-6-2-7-22-18;/h2,6-7,16H,3-5,8-15H2,1H3,(H,19,20);1H. The van der Waals surface area contributed by atoms with Gasteiger partial charge in [0, 0.05) is 72.0 Å². The molecular formula is C18H31IN6O2. The van der Waals surface area contributed by atoms with Gasteiger partial charge < -0.3 is 24.6 Å². The van der Waals surface area contributed by atoms with Gasteiger partial charge in [0.2, 0.25) is 5.95 Å². The Morgan fingerprint density at radius 2 is 1.93 bits per heavy atom. The number of hydrogen-bond acceptors (Lipinski definition) is 6. The number of piperazine rings is 1. The quantitative estimate of drug-likeness (QED) is 0.280. The molecule has 9 heteroatoms. The van der Waals surface area contributed by atoms with Gasteiger partial charge in [-0.05, 0) is 25.3 Å². The molecule has 1 aromatic heterocycles. The van der Waals surface area contributed by atoms with Crippen LogP contribution in [0.15, 0.2) is 23.5 Å². The van der Waals surface area contributed by atoms with Crippen molar-refractivity contribution in [3.63, 3.8) is 0 Å². The highest BCUT2D eigenvalue weighted by Crippen LogP contribution is 2.11. The van der Waals surface area contributed by atoms with E-state index in [4.69, 9.17) is 9.47 Å². The third kappa shape index (κ3) is 7.04. The van der Waals surface area contributed by atoms with Crippen LogP contribution in [0.2, 0.25) is 0 Å². The van der Waals surface area contributed by atoms with Crippen molar-refractivity contribution in [1.82, 2.24) is 20.2 Å². The number of halogens is 1. The lowest BCUT2D eigenvalue weighted by Gasteiger charge is -2.36. The fraction of sp³-hybridized carbons (Fsp3) is 0.722. The molecule has 0 saturated carbocycles. The molecule has 1 N–H and O–H groups in total. The summed E-state index contributed by atoms with van der Waals surface area (Å²) in [5, 5.41) is 3.45. The maximum Gasteiger partial charge on any atom is 0.225 e. The normalized spacial score (nSPS) is 18.9. The van der Waals surface area contributed by atoms with Crippen LogP contribution in [0.5, 0.6) is 0 Å². The number of rotatable bonds is 6. The van der Waals surface area contributed by atoms with Crippen LogP contribution >= 0.6 is 24.0 Å². The van der Waals surface area contributed by atoms with Crippen molar-refractivity contribution in [3.05, 3.63) is 18.5 Å². The van der Waals surface area contributed by atoms with E-state index in [9.17, 15) is 0 Å². The molecule has 0 aromatic carbocycles. The van der Waals surface area contributed by atoms with Crippen molar-refractivity contribution >= 4 is 35.9 Å². The molecule has 0 spiro atoms. The highest BCUT2D eigenvalue weighted by molar-refractivity contribution is 14.0. The number of hydrogen-bond donors (Lipinski definition) is 1. The first-order valence-corrected chi connectivity index (χ1v) is 9.54. The topological polar surface area (TPSA) is 75.1 Å². The zero-order chi connectivity index (χ0) is 18.0. The molecule has 0 aliphatic carbocycles. The van der Waals surface area contributed by atoms with Crippen molar-refractivity contribution < 1.29 is 9.47 Å². The Kier molecular flexibility index (Phi) is 10.1. The van der Waals surface area contributed by atoms with Crippen molar-refractivity contribution in [3.8, 4) is 0 Å². The average molecular weight is 490 g/mol. The summed E-state index contributed by atoms with van der Waals surface area (Å²) < 4.78 is 11.3. The van der Waals surface area contributed by atoms with Crippen LogP contribution in [0.4, 0.5) is 5.95 Å². The molecule has 0 unspecified atom stereocenters. The Hall–Kier alpha value is -1.20. The maximum atomic E-state index is 5.91. The summed E-state index contributed by atoms with van der Waals surface area (Å²) in [4.78, 5) is 17.6. The summed E-state index contributed by atoms with van der Waals surface area (Å²) in [5.74, 6) is 1.77. The van der Waals surface area contributed by atoms with Crippen LogP contribution in [-0.2, 0) is 9.47 Å². The predicted octanol–water partition coefficient (Wildman–Crippen LogP) is 1.38. The molecule has 0 atom stereocenters. The first-order valence-electron chi connectivity index (χ1n) is 9.54. The zero-order valence-corrected chi connectivity index (χ0v) is 18.4. The Bertz CT molecular complexity index is 548. The van der Waals surface area contributed by atoms with Crippen molar-refractivity contribution in [1.29, 1.82) is 0 Å². The lowest BCUT2D eigenvalue weighted by atomic mass is 10.1. The van der Waals surface area contributed by atoms with Gasteiger partial charge >= 0.3 is 0 Å². The minimum atomic E-state index is 0. The number of guanidine groups is 1. The third-order valence-electron chi connectivity index (χ3n) is 4.75. The molecule has 0 bridgehead atoms. The fourth-order valence-electron chi connectivity index (χ4n) is 3.27. The first kappa shape index (κ1) is 22.1. The molecule has 3 rings (SSSR count). The van der Waals surface area contributed by atoms with E-state index in [2.05, 4.69) is 30.1 Å². The summed E-state index contributed by atoms with van der Waals surface area (Å²) in [7, 11) is 1.84. The second-order valence-corrected chi connectivity index (χ2v) is 6.53. The second-order valence-electron chi connectivity index (χ2n) is 6.53. The van der Waals surface area contributed by atoms with Gasteiger partial charge in [0.1, 0.15) is 0 Å². The number of nitrogens with zero attached hydrogens (tertiary/aromatic N) is 5. The zero-order valence-electron chi connectivity index (χ0n) is 16.0. The van der Waals surface area contributed by atoms with E-state index in [1.54, 1.807) is 12.4 Å². The van der Waals surface area contributed by atoms with Crippen LogP contribution in [-0.4, -0.2) is 86.5 Å². The van der Waals surface area contributed by atoms with E-state index in [0.29, 0.717) is 6.10 Å². The van der Waals surface area contributed by atoms with Crippen molar-refractivity contribution in [2.24, 2.45) is 4.99 Å². The molecule has 152 valence electrons. The van der Waals surface area contributed by atoms with E-state index in [1.807, 2.05) is 13.1 Å². The van der Waals surface area contributed by atoms with Gasteiger partial charge in [-0.3, -0.25) is 4.99 Å². The van der Waals surface area contributed by atoms with Gasteiger partial charge in [-0.1, -0.05) is 0 Å². The van der Waals surface area contributed by atoms with E-state index in [1.165, 1.54) is 0 Å². The minimum Gasteiger partial charge on any atom is -0.381 e. The van der Waals surface area contributed by atoms with Crippen molar-refractivity contribution in [2.75, 3.05) is 64.5 Å². The smallest absolute Gasteiger partial charge is 0.225 e. The summed E-state index contributed by atoms with van der Waals surface area (Å²) >= 11 is 0. The molecular weight excluding hydrogens is 459 g/mol. The Balaban J connectivity index is 0.00000261. The minimum absolute atomic E-state index is 0. The molecule has 8 nitrogen and oxygen atoms in total. The summed E-state index contributed by atoms with van der Waals surface area (Å²) in [6, 6.07) is 1.84. The van der Waals surface area contributed by atoms with E-state index in [0.717, 1.165) is 83.7 Å². The SMILES string of the molecule is CN=C(NCCCOC1CCOCC1)N1CCN(c2ncccn2)CC1.I. The lowest BCUT2D eigenvalue weighted by Crippen LogP contribution is -2.53. The van der Waals surface area contributed by atoms with Crippen LogP contribution in [0.25, 0.3) is 0 Å². The van der Waals surface area contributed by atoms with Crippen LogP contribution in [0.1, 0.15) is 19.3 Å². The molecule has 1 aromatic rings. The van der Waals surface area contributed by atoms with Gasteiger partial charge in [-0.25, -0.2) is 9.97 Å². The van der Waals surface area contributed by atoms with Crippen LogP contribution in [0.3, 0.4) is 0 Å². The highest BCUT2D eigenvalue weighted by atomic mass is 127. The molecule has 2 aliphatic heterocycles.